The summed E-state index contributed by atoms with van der Waals surface area (Å²) >= 11 is 0. The Kier molecular flexibility index (Phi) is 4.73. The maximum absolute atomic E-state index is 11.5. The Hall–Kier alpha value is -0.630. The first-order chi connectivity index (χ1) is 9.29. The van der Waals surface area contributed by atoms with Crippen LogP contribution in [0.1, 0.15) is 11.4 Å². The van der Waals surface area contributed by atoms with Gasteiger partial charge in [0.15, 0.2) is 0 Å². The van der Waals surface area contributed by atoms with E-state index in [1.54, 1.807) is 18.5 Å². The van der Waals surface area contributed by atoms with E-state index in [0.717, 1.165) is 32.7 Å². The smallest absolute Gasteiger partial charge is 0.264 e. The fraction of sp³-hybridized carbons (Fsp3) is 0.750. The maximum atomic E-state index is 11.5. The molecule has 1 aromatic rings. The lowest BCUT2D eigenvalue weighted by Crippen LogP contribution is -2.45. The first-order valence-corrected chi connectivity index (χ1v) is 8.99. The Morgan fingerprint density at radius 1 is 1.15 bits per heavy atom. The van der Waals surface area contributed by atoms with Crippen molar-refractivity contribution >= 4 is 19.7 Å². The summed E-state index contributed by atoms with van der Waals surface area (Å²) in [6.07, 6.45) is 0. The molecule has 0 aliphatic carbocycles. The molecule has 0 unspecified atom stereocenters. The van der Waals surface area contributed by atoms with E-state index in [9.17, 15) is 8.42 Å². The molecule has 2 rings (SSSR count). The highest BCUT2D eigenvalue weighted by Gasteiger charge is 2.22. The molecule has 0 aromatic carbocycles. The highest BCUT2D eigenvalue weighted by molar-refractivity contribution is 8.13. The Bertz CT molecular complexity index is 577. The van der Waals surface area contributed by atoms with E-state index in [-0.39, 0.29) is 4.90 Å². The average Bonchev–Trinajstić information content (AvgIpc) is 2.63. The SMILES string of the molecule is Cc1nn(CCN2CCN(C)CC2)c(C)c1S(=O)(=O)Cl. The minimum Gasteiger partial charge on any atom is -0.304 e. The van der Waals surface area contributed by atoms with E-state index in [1.165, 1.54) is 0 Å². The Morgan fingerprint density at radius 2 is 1.75 bits per heavy atom. The van der Waals surface area contributed by atoms with Crippen LogP contribution in [-0.2, 0) is 15.6 Å². The summed E-state index contributed by atoms with van der Waals surface area (Å²) < 4.78 is 24.8. The number of aromatic nitrogens is 2. The molecule has 0 saturated carbocycles. The van der Waals surface area contributed by atoms with Crippen molar-refractivity contribution in [3.63, 3.8) is 0 Å². The van der Waals surface area contributed by atoms with Gasteiger partial charge in [-0.2, -0.15) is 5.10 Å². The number of hydrogen-bond acceptors (Lipinski definition) is 5. The summed E-state index contributed by atoms with van der Waals surface area (Å²) in [7, 11) is 3.85. The average molecular weight is 321 g/mol. The topological polar surface area (TPSA) is 58.4 Å². The van der Waals surface area contributed by atoms with Gasteiger partial charge in [-0.15, -0.1) is 0 Å². The minimum atomic E-state index is -3.73. The molecular formula is C12H21ClN4O2S. The molecule has 0 bridgehead atoms. The monoisotopic (exact) mass is 320 g/mol. The Morgan fingerprint density at radius 3 is 2.25 bits per heavy atom. The predicted molar refractivity (Wildman–Crippen MR) is 78.7 cm³/mol. The van der Waals surface area contributed by atoms with Gasteiger partial charge in [-0.25, -0.2) is 8.42 Å². The van der Waals surface area contributed by atoms with Crippen molar-refractivity contribution in [1.29, 1.82) is 0 Å². The Labute approximate surface area is 124 Å². The Balaban J connectivity index is 2.04. The van der Waals surface area contributed by atoms with E-state index in [0.29, 0.717) is 17.9 Å². The van der Waals surface area contributed by atoms with Gasteiger partial charge in [0, 0.05) is 43.4 Å². The van der Waals surface area contributed by atoms with Crippen molar-refractivity contribution in [2.45, 2.75) is 25.3 Å². The number of rotatable bonds is 4. The summed E-state index contributed by atoms with van der Waals surface area (Å²) in [5.41, 5.74) is 1.09. The summed E-state index contributed by atoms with van der Waals surface area (Å²) in [5.74, 6) is 0. The predicted octanol–water partition coefficient (Wildman–Crippen LogP) is 0.675. The normalized spacial score (nSPS) is 18.6. The highest BCUT2D eigenvalue weighted by atomic mass is 35.7. The van der Waals surface area contributed by atoms with Crippen LogP contribution in [0.2, 0.25) is 0 Å². The van der Waals surface area contributed by atoms with Crippen LogP contribution in [0.25, 0.3) is 0 Å². The van der Waals surface area contributed by atoms with Crippen molar-refractivity contribution in [2.24, 2.45) is 0 Å². The molecule has 0 spiro atoms. The van der Waals surface area contributed by atoms with Crippen molar-refractivity contribution in [1.82, 2.24) is 19.6 Å². The second-order valence-electron chi connectivity index (χ2n) is 5.31. The molecule has 0 atom stereocenters. The number of aryl methyl sites for hydroxylation is 1. The first-order valence-electron chi connectivity index (χ1n) is 6.68. The van der Waals surface area contributed by atoms with E-state index in [4.69, 9.17) is 10.7 Å². The van der Waals surface area contributed by atoms with Gasteiger partial charge in [0.1, 0.15) is 4.90 Å². The molecule has 1 fully saturated rings. The molecule has 1 aromatic heterocycles. The molecule has 0 radical (unpaired) electrons. The van der Waals surface area contributed by atoms with Crippen LogP contribution < -0.4 is 0 Å². The maximum Gasteiger partial charge on any atom is 0.264 e. The third-order valence-electron chi connectivity index (χ3n) is 3.78. The molecule has 0 amide bonds. The van der Waals surface area contributed by atoms with E-state index in [2.05, 4.69) is 21.9 Å². The van der Waals surface area contributed by atoms with Gasteiger partial charge in [0.2, 0.25) is 0 Å². The van der Waals surface area contributed by atoms with Gasteiger partial charge in [-0.3, -0.25) is 9.58 Å². The van der Waals surface area contributed by atoms with Crippen LogP contribution in [0.4, 0.5) is 0 Å². The molecule has 2 heterocycles. The molecule has 6 nitrogen and oxygen atoms in total. The second-order valence-corrected chi connectivity index (χ2v) is 7.81. The molecular weight excluding hydrogens is 300 g/mol. The third kappa shape index (κ3) is 3.52. The van der Waals surface area contributed by atoms with Gasteiger partial charge < -0.3 is 4.90 Å². The van der Waals surface area contributed by atoms with Crippen molar-refractivity contribution in [2.75, 3.05) is 39.8 Å². The fourth-order valence-electron chi connectivity index (χ4n) is 2.56. The van der Waals surface area contributed by atoms with Crippen LogP contribution in [-0.4, -0.2) is 67.8 Å². The number of piperazine rings is 1. The van der Waals surface area contributed by atoms with Gasteiger partial charge in [-0.1, -0.05) is 0 Å². The minimum absolute atomic E-state index is 0.151. The summed E-state index contributed by atoms with van der Waals surface area (Å²) in [6, 6.07) is 0. The third-order valence-corrected chi connectivity index (χ3v) is 5.32. The number of hydrogen-bond donors (Lipinski definition) is 0. The van der Waals surface area contributed by atoms with E-state index >= 15 is 0 Å². The highest BCUT2D eigenvalue weighted by Crippen LogP contribution is 2.23. The van der Waals surface area contributed by atoms with E-state index in [1.807, 2.05) is 0 Å². The molecule has 1 aliphatic rings. The molecule has 1 saturated heterocycles. The van der Waals surface area contributed by atoms with Crippen LogP contribution >= 0.6 is 10.7 Å². The summed E-state index contributed by atoms with van der Waals surface area (Å²) in [4.78, 5) is 4.82. The number of nitrogens with zero attached hydrogens (tertiary/aromatic N) is 4. The van der Waals surface area contributed by atoms with Crippen LogP contribution in [0, 0.1) is 13.8 Å². The van der Waals surface area contributed by atoms with Crippen molar-refractivity contribution in [3.05, 3.63) is 11.4 Å². The molecule has 0 N–H and O–H groups in total. The van der Waals surface area contributed by atoms with Gasteiger partial charge >= 0.3 is 0 Å². The second kappa shape index (κ2) is 6.01. The van der Waals surface area contributed by atoms with Gasteiger partial charge in [0.05, 0.1) is 17.9 Å². The number of halogens is 1. The van der Waals surface area contributed by atoms with Gasteiger partial charge in [-0.05, 0) is 20.9 Å². The quantitative estimate of drug-likeness (QED) is 0.763. The zero-order valence-electron chi connectivity index (χ0n) is 12.1. The fourth-order valence-corrected chi connectivity index (χ4v) is 4.08. The molecule has 8 heteroatoms. The zero-order chi connectivity index (χ0) is 14.9. The lowest BCUT2D eigenvalue weighted by atomic mass is 10.3. The molecule has 1 aliphatic heterocycles. The van der Waals surface area contributed by atoms with Crippen LogP contribution in [0.5, 0.6) is 0 Å². The first kappa shape index (κ1) is 15.8. The lowest BCUT2D eigenvalue weighted by Gasteiger charge is -2.32. The zero-order valence-corrected chi connectivity index (χ0v) is 13.7. The summed E-state index contributed by atoms with van der Waals surface area (Å²) in [5, 5.41) is 4.29. The molecule has 114 valence electrons. The van der Waals surface area contributed by atoms with Gasteiger partial charge in [0.25, 0.3) is 9.05 Å². The van der Waals surface area contributed by atoms with E-state index < -0.39 is 9.05 Å². The largest absolute Gasteiger partial charge is 0.304 e. The van der Waals surface area contributed by atoms with Crippen molar-refractivity contribution in [3.8, 4) is 0 Å². The van der Waals surface area contributed by atoms with Crippen LogP contribution in [0.3, 0.4) is 0 Å². The number of likely N-dealkylation sites (N-methyl/N-ethyl adjacent to an activating group) is 1. The van der Waals surface area contributed by atoms with Crippen molar-refractivity contribution < 1.29 is 8.42 Å². The standard InChI is InChI=1S/C12H21ClN4O2S/c1-10-12(20(13,18)19)11(2)17(14-10)9-8-16-6-4-15(3)5-7-16/h4-9H2,1-3H3. The lowest BCUT2D eigenvalue weighted by molar-refractivity contribution is 0.148. The van der Waals surface area contributed by atoms with Crippen LogP contribution in [0.15, 0.2) is 4.90 Å². The molecule has 20 heavy (non-hydrogen) atoms. The summed E-state index contributed by atoms with van der Waals surface area (Å²) in [6.45, 7) is 9.19.